The highest BCUT2D eigenvalue weighted by Gasteiger charge is 2.18. The number of phenolic OH excluding ortho intramolecular Hbond substituents is 1. The zero-order chi connectivity index (χ0) is 13.9. The van der Waals surface area contributed by atoms with Crippen molar-refractivity contribution in [2.24, 2.45) is 0 Å². The molecule has 0 aliphatic carbocycles. The summed E-state index contributed by atoms with van der Waals surface area (Å²) in [6.07, 6.45) is 2.18. The van der Waals surface area contributed by atoms with Crippen LogP contribution in [0.4, 0.5) is 0 Å². The number of nitrogens with zero attached hydrogens (tertiary/aromatic N) is 2. The third-order valence-corrected chi connectivity index (χ3v) is 3.50. The van der Waals surface area contributed by atoms with E-state index in [1.807, 2.05) is 18.2 Å². The SMILES string of the molecule is CN1CN(Cc2ccccc2)C=C1c1ccc(O)cc1. The minimum Gasteiger partial charge on any atom is -0.508 e. The normalized spacial score (nSPS) is 14.6. The summed E-state index contributed by atoms with van der Waals surface area (Å²) in [5.74, 6) is 0.302. The Kier molecular flexibility index (Phi) is 3.33. The Morgan fingerprint density at radius 1 is 1.00 bits per heavy atom. The molecule has 0 spiro atoms. The Balaban J connectivity index is 1.78. The Labute approximate surface area is 119 Å². The molecule has 0 aromatic heterocycles. The lowest BCUT2D eigenvalue weighted by Crippen LogP contribution is -2.22. The van der Waals surface area contributed by atoms with Crippen molar-refractivity contribution < 1.29 is 5.11 Å². The van der Waals surface area contributed by atoms with E-state index < -0.39 is 0 Å². The lowest BCUT2D eigenvalue weighted by Gasteiger charge is -2.19. The first kappa shape index (κ1) is 12.6. The largest absolute Gasteiger partial charge is 0.508 e. The van der Waals surface area contributed by atoms with Crippen LogP contribution in [0.1, 0.15) is 11.1 Å². The third-order valence-electron chi connectivity index (χ3n) is 3.50. The number of hydrogen-bond acceptors (Lipinski definition) is 3. The maximum Gasteiger partial charge on any atom is 0.115 e. The first-order valence-electron chi connectivity index (χ1n) is 6.73. The lowest BCUT2D eigenvalue weighted by atomic mass is 10.1. The van der Waals surface area contributed by atoms with E-state index in [0.717, 1.165) is 18.8 Å². The molecular weight excluding hydrogens is 248 g/mol. The van der Waals surface area contributed by atoms with Gasteiger partial charge in [0, 0.05) is 19.8 Å². The van der Waals surface area contributed by atoms with Gasteiger partial charge in [-0.05, 0) is 35.4 Å². The van der Waals surface area contributed by atoms with Crippen LogP contribution in [0.25, 0.3) is 5.70 Å². The molecule has 1 heterocycles. The van der Waals surface area contributed by atoms with Gasteiger partial charge in [0.25, 0.3) is 0 Å². The van der Waals surface area contributed by atoms with Gasteiger partial charge in [-0.2, -0.15) is 0 Å². The second kappa shape index (κ2) is 5.29. The van der Waals surface area contributed by atoms with Gasteiger partial charge in [-0.1, -0.05) is 30.3 Å². The predicted molar refractivity (Wildman–Crippen MR) is 80.7 cm³/mol. The maximum atomic E-state index is 9.37. The molecule has 3 nitrogen and oxygen atoms in total. The molecule has 0 bridgehead atoms. The van der Waals surface area contributed by atoms with Crippen LogP contribution in [0, 0.1) is 0 Å². The quantitative estimate of drug-likeness (QED) is 0.924. The Morgan fingerprint density at radius 3 is 2.40 bits per heavy atom. The van der Waals surface area contributed by atoms with Gasteiger partial charge in [-0.3, -0.25) is 0 Å². The molecular formula is C17H18N2O. The van der Waals surface area contributed by atoms with Crippen molar-refractivity contribution in [3.8, 4) is 5.75 Å². The van der Waals surface area contributed by atoms with Crippen LogP contribution >= 0.6 is 0 Å². The van der Waals surface area contributed by atoms with Crippen molar-refractivity contribution in [3.63, 3.8) is 0 Å². The van der Waals surface area contributed by atoms with Crippen molar-refractivity contribution >= 4 is 5.70 Å². The molecule has 0 unspecified atom stereocenters. The minimum absolute atomic E-state index is 0.302. The van der Waals surface area contributed by atoms with E-state index in [2.05, 4.69) is 47.3 Å². The van der Waals surface area contributed by atoms with Gasteiger partial charge in [0.05, 0.1) is 12.4 Å². The average molecular weight is 266 g/mol. The van der Waals surface area contributed by atoms with E-state index in [1.165, 1.54) is 11.3 Å². The summed E-state index contributed by atoms with van der Waals surface area (Å²) in [6, 6.07) is 17.8. The van der Waals surface area contributed by atoms with Gasteiger partial charge in [0.1, 0.15) is 5.75 Å². The Bertz CT molecular complexity index is 605. The van der Waals surface area contributed by atoms with E-state index >= 15 is 0 Å². The topological polar surface area (TPSA) is 26.7 Å². The van der Waals surface area contributed by atoms with E-state index in [-0.39, 0.29) is 0 Å². The molecule has 0 fully saturated rings. The second-order valence-corrected chi connectivity index (χ2v) is 5.13. The zero-order valence-corrected chi connectivity index (χ0v) is 11.5. The fraction of sp³-hybridized carbons (Fsp3) is 0.176. The third kappa shape index (κ3) is 2.62. The molecule has 1 N–H and O–H groups in total. The van der Waals surface area contributed by atoms with Crippen molar-refractivity contribution in [1.29, 1.82) is 0 Å². The van der Waals surface area contributed by atoms with Crippen LogP contribution in [0.2, 0.25) is 0 Å². The highest BCUT2D eigenvalue weighted by atomic mass is 16.3. The van der Waals surface area contributed by atoms with Crippen molar-refractivity contribution in [2.45, 2.75) is 6.54 Å². The summed E-state index contributed by atoms with van der Waals surface area (Å²) < 4.78 is 0. The molecule has 1 aliphatic rings. The summed E-state index contributed by atoms with van der Waals surface area (Å²) in [4.78, 5) is 4.51. The number of phenols is 1. The highest BCUT2D eigenvalue weighted by Crippen LogP contribution is 2.26. The van der Waals surface area contributed by atoms with Crippen LogP contribution in [0.5, 0.6) is 5.75 Å². The fourth-order valence-corrected chi connectivity index (χ4v) is 2.50. The van der Waals surface area contributed by atoms with Crippen LogP contribution in [-0.4, -0.2) is 28.6 Å². The Hall–Kier alpha value is -2.42. The van der Waals surface area contributed by atoms with E-state index in [0.29, 0.717) is 5.75 Å². The summed E-state index contributed by atoms with van der Waals surface area (Å²) >= 11 is 0. The van der Waals surface area contributed by atoms with Gasteiger partial charge >= 0.3 is 0 Å². The summed E-state index contributed by atoms with van der Waals surface area (Å²) in [7, 11) is 2.09. The Morgan fingerprint density at radius 2 is 1.70 bits per heavy atom. The summed E-state index contributed by atoms with van der Waals surface area (Å²) in [6.45, 7) is 1.79. The molecule has 2 aromatic carbocycles. The monoisotopic (exact) mass is 266 g/mol. The molecule has 102 valence electrons. The zero-order valence-electron chi connectivity index (χ0n) is 11.5. The van der Waals surface area contributed by atoms with Crippen LogP contribution in [0.3, 0.4) is 0 Å². The molecule has 0 saturated heterocycles. The van der Waals surface area contributed by atoms with Crippen LogP contribution in [-0.2, 0) is 6.54 Å². The first-order chi connectivity index (χ1) is 9.72. The molecule has 20 heavy (non-hydrogen) atoms. The van der Waals surface area contributed by atoms with E-state index in [1.54, 1.807) is 12.1 Å². The molecule has 0 radical (unpaired) electrons. The summed E-state index contributed by atoms with van der Waals surface area (Å²) in [5.41, 5.74) is 3.62. The number of benzene rings is 2. The number of hydrogen-bond donors (Lipinski definition) is 1. The first-order valence-corrected chi connectivity index (χ1v) is 6.73. The molecule has 3 rings (SSSR count). The molecule has 3 heteroatoms. The molecule has 1 aliphatic heterocycles. The van der Waals surface area contributed by atoms with Crippen molar-refractivity contribution in [3.05, 3.63) is 71.9 Å². The van der Waals surface area contributed by atoms with E-state index in [9.17, 15) is 5.11 Å². The number of aromatic hydroxyl groups is 1. The molecule has 0 saturated carbocycles. The van der Waals surface area contributed by atoms with E-state index in [4.69, 9.17) is 0 Å². The average Bonchev–Trinajstić information content (AvgIpc) is 2.81. The maximum absolute atomic E-state index is 9.37. The van der Waals surface area contributed by atoms with Gasteiger partial charge in [0.15, 0.2) is 0 Å². The van der Waals surface area contributed by atoms with Crippen molar-refractivity contribution in [2.75, 3.05) is 13.7 Å². The lowest BCUT2D eigenvalue weighted by molar-refractivity contribution is 0.296. The highest BCUT2D eigenvalue weighted by molar-refractivity contribution is 5.65. The van der Waals surface area contributed by atoms with Crippen molar-refractivity contribution in [1.82, 2.24) is 9.80 Å². The van der Waals surface area contributed by atoms with Gasteiger partial charge in [0.2, 0.25) is 0 Å². The van der Waals surface area contributed by atoms with Crippen LogP contribution < -0.4 is 0 Å². The fourth-order valence-electron chi connectivity index (χ4n) is 2.50. The molecule has 0 atom stereocenters. The molecule has 2 aromatic rings. The van der Waals surface area contributed by atoms with Crippen LogP contribution in [0.15, 0.2) is 60.8 Å². The van der Waals surface area contributed by atoms with Gasteiger partial charge in [-0.25, -0.2) is 0 Å². The second-order valence-electron chi connectivity index (χ2n) is 5.13. The smallest absolute Gasteiger partial charge is 0.115 e. The van der Waals surface area contributed by atoms with Gasteiger partial charge < -0.3 is 14.9 Å². The predicted octanol–water partition coefficient (Wildman–Crippen LogP) is 3.10. The minimum atomic E-state index is 0.302. The number of rotatable bonds is 3. The summed E-state index contributed by atoms with van der Waals surface area (Å²) in [5, 5.41) is 9.37. The van der Waals surface area contributed by atoms with Gasteiger partial charge in [-0.15, -0.1) is 0 Å². The molecule has 0 amide bonds. The standard InChI is InChI=1S/C17H18N2O/c1-18-13-19(11-14-5-3-2-4-6-14)12-17(18)15-7-9-16(20)10-8-15/h2-10,12,20H,11,13H2,1H3.